The Morgan fingerprint density at radius 2 is 1.88 bits per heavy atom. The van der Waals surface area contributed by atoms with Crippen molar-refractivity contribution in [1.29, 1.82) is 0 Å². The van der Waals surface area contributed by atoms with Crippen LogP contribution in [0.5, 0.6) is 0 Å². The molecule has 0 aromatic carbocycles. The maximum Gasteiger partial charge on any atom is 0.309 e. The van der Waals surface area contributed by atoms with Crippen LogP contribution in [0.4, 0.5) is 0 Å². The molecule has 2 N–H and O–H groups in total. The zero-order valence-corrected chi connectivity index (χ0v) is 14.7. The maximum absolute atomic E-state index is 12.4. The van der Waals surface area contributed by atoms with Gasteiger partial charge >= 0.3 is 11.9 Å². The van der Waals surface area contributed by atoms with Crippen LogP contribution >= 0.6 is 0 Å². The van der Waals surface area contributed by atoms with Gasteiger partial charge < -0.3 is 10.2 Å². The molecule has 0 aromatic heterocycles. The molecule has 2 bridgehead atoms. The van der Waals surface area contributed by atoms with E-state index < -0.39 is 23.3 Å². The van der Waals surface area contributed by atoms with Gasteiger partial charge in [0.15, 0.2) is 0 Å². The molecule has 0 radical (unpaired) electrons. The number of allylic oxidation sites excluding steroid dienone is 1. The number of fused-ring (bicyclic) bond motifs is 3. The predicted molar refractivity (Wildman–Crippen MR) is 89.3 cm³/mol. The third-order valence-corrected chi connectivity index (χ3v) is 8.57. The number of hydrogen-bond donors (Lipinski definition) is 2. The molecule has 4 aliphatic rings. The van der Waals surface area contributed by atoms with Gasteiger partial charge in [0.1, 0.15) is 0 Å². The third kappa shape index (κ3) is 1.65. The SMILES string of the molecule is C=C1C[C@]23C[C@H]1CC[C@H]2[C@]1(C)CCC[C@@](C)(C(=O)O)[C@H]1[C@@H]3C(=O)O. The molecule has 4 rings (SSSR count). The van der Waals surface area contributed by atoms with E-state index in [0.717, 1.165) is 38.5 Å². The lowest BCUT2D eigenvalue weighted by Gasteiger charge is -2.50. The Balaban J connectivity index is 1.93. The summed E-state index contributed by atoms with van der Waals surface area (Å²) in [4.78, 5) is 24.6. The molecule has 0 unspecified atom stereocenters. The summed E-state index contributed by atoms with van der Waals surface area (Å²) < 4.78 is 0. The molecule has 0 heterocycles. The minimum Gasteiger partial charge on any atom is -0.481 e. The molecule has 4 fully saturated rings. The fourth-order valence-corrected chi connectivity index (χ4v) is 7.88. The molecular formula is C20H28O4. The number of hydrogen-bond acceptors (Lipinski definition) is 2. The van der Waals surface area contributed by atoms with E-state index in [1.165, 1.54) is 5.57 Å². The van der Waals surface area contributed by atoms with Gasteiger partial charge in [-0.05, 0) is 74.0 Å². The number of rotatable bonds is 2. The quantitative estimate of drug-likeness (QED) is 0.751. The van der Waals surface area contributed by atoms with Crippen molar-refractivity contribution in [2.24, 2.45) is 39.9 Å². The van der Waals surface area contributed by atoms with E-state index in [1.807, 2.05) is 6.92 Å². The van der Waals surface area contributed by atoms with E-state index >= 15 is 0 Å². The number of carbonyl (C=O) groups is 2. The van der Waals surface area contributed by atoms with Gasteiger partial charge in [-0.2, -0.15) is 0 Å². The molecule has 0 aromatic rings. The highest BCUT2D eigenvalue weighted by molar-refractivity contribution is 5.79. The average molecular weight is 332 g/mol. The highest BCUT2D eigenvalue weighted by Crippen LogP contribution is 2.77. The monoisotopic (exact) mass is 332 g/mol. The molecule has 0 amide bonds. The zero-order chi connectivity index (χ0) is 17.5. The minimum atomic E-state index is -0.929. The largest absolute Gasteiger partial charge is 0.481 e. The Bertz CT molecular complexity index is 640. The van der Waals surface area contributed by atoms with Gasteiger partial charge in [0.2, 0.25) is 0 Å². The van der Waals surface area contributed by atoms with Crippen molar-refractivity contribution in [2.45, 2.75) is 58.8 Å². The molecule has 0 aliphatic heterocycles. The van der Waals surface area contributed by atoms with E-state index in [1.54, 1.807) is 0 Å². The van der Waals surface area contributed by atoms with E-state index in [9.17, 15) is 19.8 Å². The molecule has 7 atom stereocenters. The summed E-state index contributed by atoms with van der Waals surface area (Å²) in [7, 11) is 0. The van der Waals surface area contributed by atoms with Crippen molar-refractivity contribution in [3.63, 3.8) is 0 Å². The van der Waals surface area contributed by atoms with Crippen molar-refractivity contribution in [1.82, 2.24) is 0 Å². The first-order valence-corrected chi connectivity index (χ1v) is 9.31. The van der Waals surface area contributed by atoms with Crippen molar-refractivity contribution in [2.75, 3.05) is 0 Å². The maximum atomic E-state index is 12.4. The van der Waals surface area contributed by atoms with Gasteiger partial charge in [-0.15, -0.1) is 0 Å². The Morgan fingerprint density at radius 1 is 1.17 bits per heavy atom. The Labute approximate surface area is 143 Å². The first-order valence-electron chi connectivity index (χ1n) is 9.31. The summed E-state index contributed by atoms with van der Waals surface area (Å²) in [5.74, 6) is -1.64. The highest BCUT2D eigenvalue weighted by Gasteiger charge is 2.75. The summed E-state index contributed by atoms with van der Waals surface area (Å²) in [6, 6.07) is 0. The first kappa shape index (κ1) is 16.2. The molecule has 4 nitrogen and oxygen atoms in total. The topological polar surface area (TPSA) is 74.6 Å². The zero-order valence-electron chi connectivity index (χ0n) is 14.7. The van der Waals surface area contributed by atoms with E-state index in [-0.39, 0.29) is 16.7 Å². The Morgan fingerprint density at radius 3 is 2.50 bits per heavy atom. The average Bonchev–Trinajstić information content (AvgIpc) is 2.87. The number of carboxylic acids is 2. The fraction of sp³-hybridized carbons (Fsp3) is 0.800. The Kier molecular flexibility index (Phi) is 3.13. The van der Waals surface area contributed by atoms with Crippen LogP contribution in [0.3, 0.4) is 0 Å². The summed E-state index contributed by atoms with van der Waals surface area (Å²) >= 11 is 0. The van der Waals surface area contributed by atoms with Crippen molar-refractivity contribution in [3.05, 3.63) is 12.2 Å². The molecule has 1 spiro atoms. The molecule has 24 heavy (non-hydrogen) atoms. The van der Waals surface area contributed by atoms with Gasteiger partial charge in [0, 0.05) is 0 Å². The van der Waals surface area contributed by atoms with Crippen LogP contribution in [0.25, 0.3) is 0 Å². The van der Waals surface area contributed by atoms with Crippen LogP contribution < -0.4 is 0 Å². The normalized spacial score (nSPS) is 52.7. The minimum absolute atomic E-state index is 0.177. The second-order valence-electron chi connectivity index (χ2n) is 9.47. The summed E-state index contributed by atoms with van der Waals surface area (Å²) in [5, 5.41) is 20.2. The van der Waals surface area contributed by atoms with Crippen molar-refractivity contribution >= 4 is 11.9 Å². The summed E-state index contributed by atoms with van der Waals surface area (Å²) in [6.07, 6.45) is 6.29. The molecule has 4 saturated carbocycles. The van der Waals surface area contributed by atoms with Gasteiger partial charge in [-0.3, -0.25) is 9.59 Å². The second kappa shape index (κ2) is 4.64. The van der Waals surface area contributed by atoms with Crippen LogP contribution in [-0.4, -0.2) is 22.2 Å². The first-order chi connectivity index (χ1) is 11.2. The van der Waals surface area contributed by atoms with Crippen LogP contribution in [0.2, 0.25) is 0 Å². The lowest BCUT2D eigenvalue weighted by atomic mass is 9.53. The standard InChI is InChI=1S/C20H28O4/c1-11-9-20-10-12(11)5-6-13(20)18(2)7-4-8-19(3,17(23)24)15(18)14(20)16(21)22/h12-15H,1,4-10H2,2-3H3,(H,21,22)(H,23,24)/t12-,13+,14-,15+,18+,19-,20+/m1/s1. The van der Waals surface area contributed by atoms with E-state index in [2.05, 4.69) is 13.5 Å². The Hall–Kier alpha value is -1.32. The number of carboxylic acid groups (broad SMARTS) is 2. The lowest BCUT2D eigenvalue weighted by molar-refractivity contribution is -0.166. The lowest BCUT2D eigenvalue weighted by Crippen LogP contribution is -2.50. The smallest absolute Gasteiger partial charge is 0.309 e. The summed E-state index contributed by atoms with van der Waals surface area (Å²) in [5.41, 5.74) is -0.152. The third-order valence-electron chi connectivity index (χ3n) is 8.57. The van der Waals surface area contributed by atoms with Gasteiger partial charge in [0.25, 0.3) is 0 Å². The van der Waals surface area contributed by atoms with E-state index in [4.69, 9.17) is 0 Å². The molecule has 0 saturated heterocycles. The molecular weight excluding hydrogens is 304 g/mol. The van der Waals surface area contributed by atoms with Crippen molar-refractivity contribution < 1.29 is 19.8 Å². The molecule has 4 heteroatoms. The molecule has 132 valence electrons. The van der Waals surface area contributed by atoms with Gasteiger partial charge in [0.05, 0.1) is 11.3 Å². The number of aliphatic carboxylic acids is 2. The van der Waals surface area contributed by atoms with Crippen LogP contribution in [-0.2, 0) is 9.59 Å². The van der Waals surface area contributed by atoms with Gasteiger partial charge in [-0.25, -0.2) is 0 Å². The fourth-order valence-electron chi connectivity index (χ4n) is 7.88. The van der Waals surface area contributed by atoms with Crippen LogP contribution in [0, 0.1) is 39.9 Å². The summed E-state index contributed by atoms with van der Waals surface area (Å²) in [6.45, 7) is 8.26. The van der Waals surface area contributed by atoms with Crippen LogP contribution in [0.15, 0.2) is 12.2 Å². The van der Waals surface area contributed by atoms with Gasteiger partial charge in [-0.1, -0.05) is 25.5 Å². The highest BCUT2D eigenvalue weighted by atomic mass is 16.4. The molecule has 4 aliphatic carbocycles. The predicted octanol–water partition coefficient (Wildman–Crippen LogP) is 3.96. The second-order valence-corrected chi connectivity index (χ2v) is 9.47. The van der Waals surface area contributed by atoms with Crippen molar-refractivity contribution in [3.8, 4) is 0 Å². The van der Waals surface area contributed by atoms with Crippen LogP contribution in [0.1, 0.15) is 58.8 Å². The van der Waals surface area contributed by atoms with E-state index in [0.29, 0.717) is 18.3 Å².